The largest absolute Gasteiger partial charge is 0.366 e. The second-order valence-corrected chi connectivity index (χ2v) is 6.91. The zero-order valence-electron chi connectivity index (χ0n) is 14.5. The zero-order valence-corrected chi connectivity index (χ0v) is 14.5. The smallest absolute Gasteiger partial charge is 0.162 e. The summed E-state index contributed by atoms with van der Waals surface area (Å²) < 4.78 is 0. The number of aromatic nitrogens is 2. The van der Waals surface area contributed by atoms with Gasteiger partial charge in [0.05, 0.1) is 5.52 Å². The molecular formula is C21H23N3. The SMILES string of the molecule is C=CCNc1nc(-c2ccc(C(C)(C)C)cc2)nc2ccccc12. The molecule has 1 heterocycles. The Bertz CT molecular complexity index is 858. The van der Waals surface area contributed by atoms with Gasteiger partial charge in [0, 0.05) is 17.5 Å². The number of hydrogen-bond acceptors (Lipinski definition) is 3. The van der Waals surface area contributed by atoms with Crippen molar-refractivity contribution in [3.63, 3.8) is 0 Å². The molecule has 0 aliphatic carbocycles. The molecule has 0 radical (unpaired) electrons. The first-order valence-electron chi connectivity index (χ1n) is 8.21. The van der Waals surface area contributed by atoms with Gasteiger partial charge in [0.2, 0.25) is 0 Å². The Morgan fingerprint density at radius 1 is 1.00 bits per heavy atom. The fraction of sp³-hybridized carbons (Fsp3) is 0.238. The van der Waals surface area contributed by atoms with E-state index in [0.717, 1.165) is 28.1 Å². The van der Waals surface area contributed by atoms with Crippen molar-refractivity contribution in [2.24, 2.45) is 0 Å². The number of nitrogens with zero attached hydrogens (tertiary/aromatic N) is 2. The first-order valence-corrected chi connectivity index (χ1v) is 8.21. The molecule has 3 nitrogen and oxygen atoms in total. The highest BCUT2D eigenvalue weighted by Crippen LogP contribution is 2.27. The molecule has 0 bridgehead atoms. The number of rotatable bonds is 4. The van der Waals surface area contributed by atoms with Crippen molar-refractivity contribution in [3.05, 3.63) is 66.7 Å². The van der Waals surface area contributed by atoms with Crippen LogP contribution in [0.3, 0.4) is 0 Å². The molecule has 3 rings (SSSR count). The Balaban J connectivity index is 2.07. The van der Waals surface area contributed by atoms with Crippen LogP contribution in [0.25, 0.3) is 22.3 Å². The van der Waals surface area contributed by atoms with E-state index in [0.29, 0.717) is 6.54 Å². The van der Waals surface area contributed by atoms with E-state index in [1.807, 2.05) is 30.3 Å². The van der Waals surface area contributed by atoms with Crippen LogP contribution in [0.1, 0.15) is 26.3 Å². The zero-order chi connectivity index (χ0) is 17.2. The average Bonchev–Trinajstić information content (AvgIpc) is 2.59. The van der Waals surface area contributed by atoms with Crippen LogP contribution in [0.15, 0.2) is 61.2 Å². The maximum Gasteiger partial charge on any atom is 0.162 e. The topological polar surface area (TPSA) is 37.8 Å². The Morgan fingerprint density at radius 2 is 1.71 bits per heavy atom. The third-order valence-corrected chi connectivity index (χ3v) is 4.03. The van der Waals surface area contributed by atoms with Crippen molar-refractivity contribution in [1.82, 2.24) is 9.97 Å². The second kappa shape index (κ2) is 6.44. The number of para-hydroxylation sites is 1. The molecule has 24 heavy (non-hydrogen) atoms. The first kappa shape index (κ1) is 16.2. The van der Waals surface area contributed by atoms with Gasteiger partial charge in [-0.05, 0) is 23.1 Å². The molecule has 2 aromatic carbocycles. The minimum atomic E-state index is 0.138. The summed E-state index contributed by atoms with van der Waals surface area (Å²) in [5.74, 6) is 1.58. The van der Waals surface area contributed by atoms with E-state index in [1.165, 1.54) is 5.56 Å². The molecule has 0 aliphatic rings. The normalized spacial score (nSPS) is 11.5. The summed E-state index contributed by atoms with van der Waals surface area (Å²) in [6, 6.07) is 16.6. The van der Waals surface area contributed by atoms with Crippen LogP contribution < -0.4 is 5.32 Å². The van der Waals surface area contributed by atoms with Gasteiger partial charge in [-0.1, -0.05) is 63.2 Å². The van der Waals surface area contributed by atoms with Crippen molar-refractivity contribution >= 4 is 16.7 Å². The lowest BCUT2D eigenvalue weighted by Crippen LogP contribution is -2.10. The molecule has 1 aromatic heterocycles. The van der Waals surface area contributed by atoms with E-state index in [2.05, 4.69) is 56.9 Å². The van der Waals surface area contributed by atoms with Gasteiger partial charge in [0.25, 0.3) is 0 Å². The Morgan fingerprint density at radius 3 is 2.38 bits per heavy atom. The highest BCUT2D eigenvalue weighted by atomic mass is 15.0. The average molecular weight is 317 g/mol. The van der Waals surface area contributed by atoms with Gasteiger partial charge in [-0.3, -0.25) is 0 Å². The Kier molecular flexibility index (Phi) is 4.34. The van der Waals surface area contributed by atoms with Crippen molar-refractivity contribution in [1.29, 1.82) is 0 Å². The van der Waals surface area contributed by atoms with Crippen LogP contribution >= 0.6 is 0 Å². The summed E-state index contributed by atoms with van der Waals surface area (Å²) in [4.78, 5) is 9.46. The van der Waals surface area contributed by atoms with Crippen molar-refractivity contribution in [2.75, 3.05) is 11.9 Å². The van der Waals surface area contributed by atoms with Crippen LogP contribution in [0.4, 0.5) is 5.82 Å². The number of benzene rings is 2. The van der Waals surface area contributed by atoms with Crippen LogP contribution in [-0.4, -0.2) is 16.5 Å². The van der Waals surface area contributed by atoms with Gasteiger partial charge in [0.15, 0.2) is 5.82 Å². The molecule has 0 aliphatic heterocycles. The second-order valence-electron chi connectivity index (χ2n) is 6.91. The van der Waals surface area contributed by atoms with Gasteiger partial charge >= 0.3 is 0 Å². The Hall–Kier alpha value is -2.68. The molecular weight excluding hydrogens is 294 g/mol. The fourth-order valence-electron chi connectivity index (χ4n) is 2.63. The molecule has 0 unspecified atom stereocenters. The van der Waals surface area contributed by atoms with Crippen LogP contribution in [-0.2, 0) is 5.41 Å². The monoisotopic (exact) mass is 317 g/mol. The summed E-state index contributed by atoms with van der Waals surface area (Å²) >= 11 is 0. The molecule has 0 saturated carbocycles. The fourth-order valence-corrected chi connectivity index (χ4v) is 2.63. The summed E-state index contributed by atoms with van der Waals surface area (Å²) in [6.07, 6.45) is 1.83. The van der Waals surface area contributed by atoms with E-state index < -0.39 is 0 Å². The molecule has 0 amide bonds. The van der Waals surface area contributed by atoms with Gasteiger partial charge in [-0.15, -0.1) is 6.58 Å². The van der Waals surface area contributed by atoms with Crippen molar-refractivity contribution in [2.45, 2.75) is 26.2 Å². The number of hydrogen-bond donors (Lipinski definition) is 1. The molecule has 0 saturated heterocycles. The maximum atomic E-state index is 4.73. The third kappa shape index (κ3) is 3.30. The summed E-state index contributed by atoms with van der Waals surface area (Å²) in [5.41, 5.74) is 3.40. The predicted molar refractivity (Wildman–Crippen MR) is 102 cm³/mol. The van der Waals surface area contributed by atoms with Crippen LogP contribution in [0.5, 0.6) is 0 Å². The Labute approximate surface area is 143 Å². The highest BCUT2D eigenvalue weighted by Gasteiger charge is 2.14. The van der Waals surface area contributed by atoms with Crippen LogP contribution in [0, 0.1) is 0 Å². The van der Waals surface area contributed by atoms with E-state index >= 15 is 0 Å². The standard InChI is InChI=1S/C21H23N3/c1-5-14-22-20-17-8-6-7-9-18(17)23-19(24-20)15-10-12-16(13-11-15)21(2,3)4/h5-13H,1,14H2,2-4H3,(H,22,23,24). The number of nitrogens with one attached hydrogen (secondary N) is 1. The molecule has 3 heteroatoms. The van der Waals surface area contributed by atoms with E-state index in [9.17, 15) is 0 Å². The van der Waals surface area contributed by atoms with Gasteiger partial charge < -0.3 is 5.32 Å². The highest BCUT2D eigenvalue weighted by molar-refractivity contribution is 5.90. The van der Waals surface area contributed by atoms with E-state index in [1.54, 1.807) is 0 Å². The number of anilines is 1. The lowest BCUT2D eigenvalue weighted by Gasteiger charge is -2.19. The molecule has 0 atom stereocenters. The molecule has 0 fully saturated rings. The molecule has 0 spiro atoms. The van der Waals surface area contributed by atoms with E-state index in [-0.39, 0.29) is 5.41 Å². The van der Waals surface area contributed by atoms with Crippen LogP contribution in [0.2, 0.25) is 0 Å². The maximum absolute atomic E-state index is 4.73. The minimum Gasteiger partial charge on any atom is -0.366 e. The molecule has 3 aromatic rings. The molecule has 122 valence electrons. The summed E-state index contributed by atoms with van der Waals surface area (Å²) in [6.45, 7) is 11.1. The third-order valence-electron chi connectivity index (χ3n) is 4.03. The minimum absolute atomic E-state index is 0.138. The lowest BCUT2D eigenvalue weighted by atomic mass is 9.87. The number of fused-ring (bicyclic) bond motifs is 1. The van der Waals surface area contributed by atoms with Gasteiger partial charge in [0.1, 0.15) is 5.82 Å². The van der Waals surface area contributed by atoms with Crippen molar-refractivity contribution in [3.8, 4) is 11.4 Å². The first-order chi connectivity index (χ1) is 11.5. The predicted octanol–water partition coefficient (Wildman–Crippen LogP) is 5.19. The lowest BCUT2D eigenvalue weighted by molar-refractivity contribution is 0.590. The summed E-state index contributed by atoms with van der Waals surface area (Å²) in [7, 11) is 0. The van der Waals surface area contributed by atoms with Crippen molar-refractivity contribution < 1.29 is 0 Å². The molecule has 1 N–H and O–H groups in total. The summed E-state index contributed by atoms with van der Waals surface area (Å²) in [5, 5.41) is 4.34. The van der Waals surface area contributed by atoms with Gasteiger partial charge in [-0.2, -0.15) is 0 Å². The quantitative estimate of drug-likeness (QED) is 0.673. The van der Waals surface area contributed by atoms with E-state index in [4.69, 9.17) is 9.97 Å². The van der Waals surface area contributed by atoms with Gasteiger partial charge in [-0.25, -0.2) is 9.97 Å².